The molecule has 1 aliphatic carbocycles. The Morgan fingerprint density at radius 3 is 0.986 bits per heavy atom. The second-order valence-corrected chi connectivity index (χ2v) is 34.8. The van der Waals surface area contributed by atoms with Crippen LogP contribution in [0.3, 0.4) is 0 Å². The minimum atomic E-state index is -4.43. The van der Waals surface area contributed by atoms with Crippen LogP contribution in [0.2, 0.25) is 0 Å². The molecule has 16 heterocycles. The Hall–Kier alpha value is -17.0. The summed E-state index contributed by atoms with van der Waals surface area (Å²) in [5.41, 5.74) is 26.3. The van der Waals surface area contributed by atoms with Crippen LogP contribution in [0.25, 0.3) is 140 Å². The molecule has 702 valence electrons. The van der Waals surface area contributed by atoms with Crippen molar-refractivity contribution < 1.29 is 45.9 Å². The summed E-state index contributed by atoms with van der Waals surface area (Å²) in [5, 5.41) is 3.04. The number of hydrogen-bond donors (Lipinski definition) is 1. The highest BCUT2D eigenvalue weighted by Gasteiger charge is 2.32. The van der Waals surface area contributed by atoms with Gasteiger partial charge >= 0.3 is 6.18 Å². The zero-order chi connectivity index (χ0) is 98.3. The monoisotopic (exact) mass is 1880 g/mol. The molecular weight excluding hydrogens is 1780 g/mol. The minimum absolute atomic E-state index is 0.00296. The van der Waals surface area contributed by atoms with Gasteiger partial charge in [0.05, 0.1) is 65.0 Å². The van der Waals surface area contributed by atoms with Gasteiger partial charge in [-0.25, -0.2) is 33.7 Å². The fourth-order valence-corrected chi connectivity index (χ4v) is 17.3. The van der Waals surface area contributed by atoms with Crippen molar-refractivity contribution in [2.24, 2.45) is 0 Å². The lowest BCUT2D eigenvalue weighted by atomic mass is 9.98. The van der Waals surface area contributed by atoms with Gasteiger partial charge in [0.15, 0.2) is 23.1 Å². The summed E-state index contributed by atoms with van der Waals surface area (Å²) >= 11 is 0. The summed E-state index contributed by atoms with van der Waals surface area (Å²) < 4.78 is 75.7. The number of ketones is 4. The Balaban J connectivity index is 0.000000117. The van der Waals surface area contributed by atoms with Crippen LogP contribution in [0, 0.1) is 32.4 Å². The number of rotatable bonds is 19. The third-order valence-corrected chi connectivity index (χ3v) is 24.9. The van der Waals surface area contributed by atoms with Crippen LogP contribution in [-0.2, 0) is 6.18 Å². The number of carbonyl (C=O) groups is 5. The summed E-state index contributed by atoms with van der Waals surface area (Å²) in [5.74, 6) is -0.101. The molecule has 0 spiro atoms. The number of nitrogens with zero attached hydrogens (tertiary/aromatic N) is 17. The number of pyridine rings is 10. The molecule has 23 nitrogen and oxygen atoms in total. The number of amides is 1. The van der Waals surface area contributed by atoms with Crippen LogP contribution in [0.5, 0.6) is 0 Å². The largest absolute Gasteiger partial charge is 0.416 e. The average Bonchev–Trinajstić information content (AvgIpc) is 1.73. The van der Waals surface area contributed by atoms with Crippen LogP contribution < -0.4 is 5.32 Å². The number of piperazine rings is 1. The fourth-order valence-electron chi connectivity index (χ4n) is 17.3. The van der Waals surface area contributed by atoms with Crippen molar-refractivity contribution in [3.8, 4) is 112 Å². The van der Waals surface area contributed by atoms with Gasteiger partial charge in [-0.3, -0.25) is 75.8 Å². The molecule has 141 heavy (non-hydrogen) atoms. The van der Waals surface area contributed by atoms with Gasteiger partial charge in [-0.15, -0.1) is 0 Å². The maximum atomic E-state index is 13.8. The number of likely N-dealkylation sites (N-methyl/N-ethyl adjacent to an activating group) is 1. The zero-order valence-corrected chi connectivity index (χ0v) is 78.4. The van der Waals surface area contributed by atoms with E-state index < -0.39 is 11.7 Å². The SMILES string of the molecule is CC(=O)c1cnc2ccc(-c3cccnc3-c3ccc(F)c(C)c3)cn12.CC(=O)c1cnc2ccc(-c3cccnc3-c3cccc(C(F)(F)F)c3)cn12.CC(=O)c1cnc2ccc(-c3cccnc3-c3cccc(C)c3)cn12.CC(=O)c1cnc2ccc(-c3cccnc3-c3cccc(C4CC4)c3)cn12.Cc1cc(-c2ncccc2-c2ccc3ncc(C(=O)NCCN4CCN(C)CC4)n3c2)ccc1F. The summed E-state index contributed by atoms with van der Waals surface area (Å²) in [4.78, 5) is 109. The highest BCUT2D eigenvalue weighted by Crippen LogP contribution is 2.43. The molecular formula is C113H95F5N18O5. The number of nitrogens with one attached hydrogen (secondary N) is 1. The van der Waals surface area contributed by atoms with Crippen molar-refractivity contribution in [1.29, 1.82) is 0 Å². The van der Waals surface area contributed by atoms with Gasteiger partial charge in [-0.1, -0.05) is 84.4 Å². The highest BCUT2D eigenvalue weighted by molar-refractivity contribution is 5.97. The van der Waals surface area contributed by atoms with Crippen LogP contribution in [0.15, 0.2) is 323 Å². The summed E-state index contributed by atoms with van der Waals surface area (Å²) in [6, 6.07) is 70.4. The normalized spacial score (nSPS) is 12.7. The first-order chi connectivity index (χ1) is 68.2. The van der Waals surface area contributed by atoms with E-state index in [-0.39, 0.29) is 40.7 Å². The number of aromatic nitrogens is 15. The van der Waals surface area contributed by atoms with E-state index in [1.54, 1.807) is 141 Å². The van der Waals surface area contributed by atoms with Gasteiger partial charge in [0.2, 0.25) is 0 Å². The number of alkyl halides is 3. The molecule has 0 radical (unpaired) electrons. The van der Waals surface area contributed by atoms with E-state index in [1.807, 2.05) is 135 Å². The predicted molar refractivity (Wildman–Crippen MR) is 537 cm³/mol. The molecule has 2 fully saturated rings. The van der Waals surface area contributed by atoms with Crippen LogP contribution >= 0.6 is 0 Å². The molecule has 15 aromatic heterocycles. The maximum absolute atomic E-state index is 13.8. The van der Waals surface area contributed by atoms with E-state index in [2.05, 4.69) is 134 Å². The predicted octanol–water partition coefficient (Wildman–Crippen LogP) is 23.2. The molecule has 20 aromatic rings. The number of carbonyl (C=O) groups excluding carboxylic acids is 5. The highest BCUT2D eigenvalue weighted by atomic mass is 19.4. The smallest absolute Gasteiger partial charge is 0.349 e. The number of hydrogen-bond acceptors (Lipinski definition) is 17. The Labute approximate surface area is 808 Å². The molecule has 1 amide bonds. The first kappa shape index (κ1) is 94.4. The number of fused-ring (bicyclic) bond motifs is 5. The molecule has 5 aromatic carbocycles. The first-order valence-electron chi connectivity index (χ1n) is 46.0. The average molecular weight is 1880 g/mol. The standard InChI is InChI=1S/C27H29FN6O.C23H19N3O.C21H14F3N3O.C21H16FN3O.C21H17N3O/c1-19-16-20(5-7-23(19)28)26-22(4-3-9-29-26)21-6-8-25-31-17-24(34(25)18-21)27(35)30-10-11-33-14-12-32(2)13-15-33;1-15(27)21-13-25-22-10-9-19(14-26(21)22)20-6-3-11-24-23(20)18-5-2-4-17(12-18)16-7-8-16;1-13(28)18-11-26-19-8-7-15(12-27(18)19)17-6-3-9-25-20(17)14-4-2-5-16(10-14)21(22,23)24;1-13-10-15(5-7-18(13)22)21-17(4-3-9-23-21)16-6-8-20-24-11-19(14(2)26)25(20)12-16;1-14-5-3-6-16(11-14)21-18(7-4-10-22-21)17-8-9-20-23-12-19(15(2)25)24(20)13-17/h3-9,16-18H,10-15H2,1-2H3,(H,30,35);2-6,9-14,16H,7-8H2,1H3;2-12H,1H3;3-12H,1-2H3;3-13H,1-2H3. The van der Waals surface area contributed by atoms with Crippen LogP contribution in [0.4, 0.5) is 22.0 Å². The van der Waals surface area contributed by atoms with Gasteiger partial charge in [-0.05, 0) is 215 Å². The third-order valence-electron chi connectivity index (χ3n) is 24.9. The zero-order valence-electron chi connectivity index (χ0n) is 78.4. The molecule has 22 rings (SSSR count). The van der Waals surface area contributed by atoms with Crippen molar-refractivity contribution in [3.63, 3.8) is 0 Å². The van der Waals surface area contributed by atoms with Gasteiger partial charge in [-0.2, -0.15) is 13.2 Å². The third kappa shape index (κ3) is 21.0. The second kappa shape index (κ2) is 41.1. The quantitative estimate of drug-likeness (QED) is 0.0583. The Bertz CT molecular complexity index is 8160. The van der Waals surface area contributed by atoms with Crippen molar-refractivity contribution in [1.82, 2.24) is 87.0 Å². The van der Waals surface area contributed by atoms with Crippen LogP contribution in [-0.4, -0.2) is 157 Å². The van der Waals surface area contributed by atoms with E-state index in [1.165, 1.54) is 68.4 Å². The van der Waals surface area contributed by atoms with Gasteiger partial charge in [0.25, 0.3) is 5.91 Å². The molecule has 0 atom stereocenters. The van der Waals surface area contributed by atoms with E-state index in [4.69, 9.17) is 0 Å². The molecule has 28 heteroatoms. The lowest BCUT2D eigenvalue weighted by Gasteiger charge is -2.32. The molecule has 0 unspecified atom stereocenters. The van der Waals surface area contributed by atoms with E-state index >= 15 is 0 Å². The topological polar surface area (TPSA) is 255 Å². The number of Topliss-reactive ketones (excluding diaryl/α,β-unsaturated/α-hetero) is 4. The van der Waals surface area contributed by atoms with Crippen molar-refractivity contribution >= 4 is 57.3 Å². The van der Waals surface area contributed by atoms with Gasteiger partial charge in [0.1, 0.15) is 68.3 Å². The first-order valence-corrected chi connectivity index (χ1v) is 46.0. The maximum Gasteiger partial charge on any atom is 0.416 e. The summed E-state index contributed by atoms with van der Waals surface area (Å²) in [7, 11) is 2.13. The molecule has 1 aliphatic heterocycles. The van der Waals surface area contributed by atoms with Crippen molar-refractivity contribution in [2.75, 3.05) is 46.3 Å². The number of aryl methyl sites for hydroxylation is 3. The summed E-state index contributed by atoms with van der Waals surface area (Å²) in [6.45, 7) is 17.2. The lowest BCUT2D eigenvalue weighted by Crippen LogP contribution is -2.46. The molecule has 1 N–H and O–H groups in total. The van der Waals surface area contributed by atoms with Gasteiger partial charge < -0.3 is 10.2 Å². The Morgan fingerprint density at radius 1 is 0.340 bits per heavy atom. The fraction of sp³-hybridized carbons (Fsp3) is 0.159. The molecule has 0 bridgehead atoms. The number of imidazole rings is 5. The second-order valence-electron chi connectivity index (χ2n) is 34.8. The van der Waals surface area contributed by atoms with Crippen LogP contribution in [0.1, 0.15) is 127 Å². The minimum Gasteiger partial charge on any atom is -0.349 e. The number of halogens is 5. The van der Waals surface area contributed by atoms with Crippen molar-refractivity contribution in [2.45, 2.75) is 73.4 Å². The Kier molecular flexibility index (Phi) is 27.5. The van der Waals surface area contributed by atoms with E-state index in [0.717, 1.165) is 146 Å². The van der Waals surface area contributed by atoms with E-state index in [9.17, 15) is 45.9 Å². The summed E-state index contributed by atoms with van der Waals surface area (Å²) in [6.07, 6.45) is 24.2. The molecule has 2 aliphatic rings. The number of benzene rings is 5. The van der Waals surface area contributed by atoms with E-state index in [0.29, 0.717) is 91.4 Å². The molecule has 1 saturated carbocycles. The van der Waals surface area contributed by atoms with Crippen molar-refractivity contribution in [3.05, 3.63) is 391 Å². The lowest BCUT2D eigenvalue weighted by molar-refractivity contribution is -0.137. The molecule has 1 saturated heterocycles. The Morgan fingerprint density at radius 2 is 0.652 bits per heavy atom. The van der Waals surface area contributed by atoms with Gasteiger partial charge in [0, 0.05) is 212 Å².